The van der Waals surface area contributed by atoms with E-state index in [0.29, 0.717) is 44.1 Å². The summed E-state index contributed by atoms with van der Waals surface area (Å²) in [5.41, 5.74) is 0.375. The van der Waals surface area contributed by atoms with Gasteiger partial charge in [0.1, 0.15) is 0 Å². The maximum Gasteiger partial charge on any atom is 0.228 e. The van der Waals surface area contributed by atoms with E-state index in [-0.39, 0.29) is 17.9 Å². The standard InChI is InChI=1S/C19H28N2O4/c1-5-24-15-8-7-14(11-16(15)25-6-2)13(3)21-18(23)19(4)10-9-17(22)20-12-19/h7-8,11,13H,5-6,9-10,12H2,1-4H3,(H,20,22)(H,21,23)/t13-,19+/m0/s1. The summed E-state index contributed by atoms with van der Waals surface area (Å²) in [7, 11) is 0. The Morgan fingerprint density at radius 1 is 1.28 bits per heavy atom. The van der Waals surface area contributed by atoms with Crippen molar-refractivity contribution in [3.8, 4) is 11.5 Å². The van der Waals surface area contributed by atoms with Gasteiger partial charge in [0.05, 0.1) is 24.7 Å². The van der Waals surface area contributed by atoms with Crippen LogP contribution in [0.5, 0.6) is 11.5 Å². The summed E-state index contributed by atoms with van der Waals surface area (Å²) in [6, 6.07) is 5.54. The molecule has 2 rings (SSSR count). The summed E-state index contributed by atoms with van der Waals surface area (Å²) in [6.45, 7) is 9.16. The molecule has 0 aromatic heterocycles. The van der Waals surface area contributed by atoms with Crippen molar-refractivity contribution in [1.29, 1.82) is 0 Å². The van der Waals surface area contributed by atoms with Gasteiger partial charge in [0.15, 0.2) is 11.5 Å². The van der Waals surface area contributed by atoms with Gasteiger partial charge in [-0.15, -0.1) is 0 Å². The largest absolute Gasteiger partial charge is 0.490 e. The third-order valence-corrected chi connectivity index (χ3v) is 4.54. The lowest BCUT2D eigenvalue weighted by Gasteiger charge is -2.33. The SMILES string of the molecule is CCOc1ccc([C@H](C)NC(=O)[C@]2(C)CCC(=O)NC2)cc1OCC. The lowest BCUT2D eigenvalue weighted by molar-refractivity contribution is -0.135. The average molecular weight is 348 g/mol. The number of rotatable bonds is 7. The molecule has 0 saturated carbocycles. The van der Waals surface area contributed by atoms with E-state index in [4.69, 9.17) is 9.47 Å². The van der Waals surface area contributed by atoms with Crippen molar-refractivity contribution in [2.24, 2.45) is 5.41 Å². The Hall–Kier alpha value is -2.24. The lowest BCUT2D eigenvalue weighted by atomic mass is 9.81. The van der Waals surface area contributed by atoms with Crippen molar-refractivity contribution in [2.75, 3.05) is 19.8 Å². The quantitative estimate of drug-likeness (QED) is 0.794. The first-order valence-electron chi connectivity index (χ1n) is 8.87. The molecule has 1 heterocycles. The molecule has 0 spiro atoms. The van der Waals surface area contributed by atoms with Gasteiger partial charge in [0.2, 0.25) is 11.8 Å². The third kappa shape index (κ3) is 4.65. The van der Waals surface area contributed by atoms with Gasteiger partial charge in [-0.1, -0.05) is 6.07 Å². The maximum absolute atomic E-state index is 12.7. The first-order chi connectivity index (χ1) is 11.9. The summed E-state index contributed by atoms with van der Waals surface area (Å²) in [5.74, 6) is 1.34. The minimum atomic E-state index is -0.573. The van der Waals surface area contributed by atoms with Crippen LogP contribution in [0, 0.1) is 5.41 Å². The fraction of sp³-hybridized carbons (Fsp3) is 0.579. The molecule has 0 radical (unpaired) electrons. The molecule has 1 aromatic rings. The van der Waals surface area contributed by atoms with Crippen LogP contribution >= 0.6 is 0 Å². The minimum absolute atomic E-state index is 0.00573. The third-order valence-electron chi connectivity index (χ3n) is 4.54. The Kier molecular flexibility index (Phi) is 6.28. The topological polar surface area (TPSA) is 76.7 Å². The molecule has 138 valence electrons. The molecule has 25 heavy (non-hydrogen) atoms. The van der Waals surface area contributed by atoms with E-state index in [1.807, 2.05) is 45.9 Å². The summed E-state index contributed by atoms with van der Waals surface area (Å²) in [5, 5.41) is 5.83. The van der Waals surface area contributed by atoms with Crippen LogP contribution in [0.4, 0.5) is 0 Å². The molecule has 0 aliphatic carbocycles. The Morgan fingerprint density at radius 2 is 1.96 bits per heavy atom. The maximum atomic E-state index is 12.7. The molecule has 1 fully saturated rings. The zero-order chi connectivity index (χ0) is 18.4. The predicted octanol–water partition coefficient (Wildman–Crippen LogP) is 2.58. The zero-order valence-electron chi connectivity index (χ0n) is 15.5. The molecular weight excluding hydrogens is 320 g/mol. The second-order valence-electron chi connectivity index (χ2n) is 6.60. The summed E-state index contributed by atoms with van der Waals surface area (Å²) in [4.78, 5) is 24.0. The number of amides is 2. The second-order valence-corrected chi connectivity index (χ2v) is 6.60. The number of piperidine rings is 1. The summed E-state index contributed by atoms with van der Waals surface area (Å²) in [6.07, 6.45) is 0.945. The number of hydrogen-bond donors (Lipinski definition) is 2. The summed E-state index contributed by atoms with van der Waals surface area (Å²) >= 11 is 0. The molecular formula is C19H28N2O4. The first-order valence-corrected chi connectivity index (χ1v) is 8.87. The van der Waals surface area contributed by atoms with E-state index < -0.39 is 5.41 Å². The van der Waals surface area contributed by atoms with Crippen molar-refractivity contribution in [2.45, 2.75) is 46.6 Å². The highest BCUT2D eigenvalue weighted by Gasteiger charge is 2.37. The van der Waals surface area contributed by atoms with E-state index >= 15 is 0 Å². The van der Waals surface area contributed by atoms with Crippen LogP contribution in [0.25, 0.3) is 0 Å². The van der Waals surface area contributed by atoms with Gasteiger partial charge in [0, 0.05) is 13.0 Å². The van der Waals surface area contributed by atoms with Gasteiger partial charge in [-0.25, -0.2) is 0 Å². The van der Waals surface area contributed by atoms with Gasteiger partial charge in [-0.3, -0.25) is 9.59 Å². The number of benzene rings is 1. The number of carbonyl (C=O) groups is 2. The van der Waals surface area contributed by atoms with Crippen molar-refractivity contribution >= 4 is 11.8 Å². The Bertz CT molecular complexity index is 620. The normalized spacial score (nSPS) is 21.2. The fourth-order valence-corrected chi connectivity index (χ4v) is 2.84. The van der Waals surface area contributed by atoms with Crippen LogP contribution in [-0.4, -0.2) is 31.6 Å². The van der Waals surface area contributed by atoms with Crippen molar-refractivity contribution in [3.05, 3.63) is 23.8 Å². The molecule has 2 atom stereocenters. The highest BCUT2D eigenvalue weighted by atomic mass is 16.5. The van der Waals surface area contributed by atoms with Crippen LogP contribution < -0.4 is 20.1 Å². The van der Waals surface area contributed by atoms with E-state index in [2.05, 4.69) is 10.6 Å². The van der Waals surface area contributed by atoms with Crippen molar-refractivity contribution in [1.82, 2.24) is 10.6 Å². The highest BCUT2D eigenvalue weighted by molar-refractivity contribution is 5.86. The first kappa shape index (κ1) is 19.1. The lowest BCUT2D eigenvalue weighted by Crippen LogP contribution is -2.50. The molecule has 1 saturated heterocycles. The Balaban J connectivity index is 2.09. The predicted molar refractivity (Wildman–Crippen MR) is 95.7 cm³/mol. The Labute approximate surface area is 149 Å². The molecule has 2 N–H and O–H groups in total. The van der Waals surface area contributed by atoms with E-state index in [9.17, 15) is 9.59 Å². The molecule has 1 aliphatic heterocycles. The summed E-state index contributed by atoms with van der Waals surface area (Å²) < 4.78 is 11.2. The van der Waals surface area contributed by atoms with Gasteiger partial charge in [0.25, 0.3) is 0 Å². The minimum Gasteiger partial charge on any atom is -0.490 e. The molecule has 2 amide bonds. The van der Waals surface area contributed by atoms with E-state index in [0.717, 1.165) is 5.56 Å². The molecule has 1 aromatic carbocycles. The smallest absolute Gasteiger partial charge is 0.228 e. The fourth-order valence-electron chi connectivity index (χ4n) is 2.84. The monoisotopic (exact) mass is 348 g/mol. The number of ether oxygens (including phenoxy) is 2. The van der Waals surface area contributed by atoms with Crippen molar-refractivity contribution in [3.63, 3.8) is 0 Å². The van der Waals surface area contributed by atoms with Crippen LogP contribution in [0.2, 0.25) is 0 Å². The van der Waals surface area contributed by atoms with Gasteiger partial charge < -0.3 is 20.1 Å². The van der Waals surface area contributed by atoms with Gasteiger partial charge >= 0.3 is 0 Å². The van der Waals surface area contributed by atoms with Gasteiger partial charge in [-0.05, 0) is 51.8 Å². The molecule has 6 nitrogen and oxygen atoms in total. The molecule has 0 bridgehead atoms. The molecule has 1 aliphatic rings. The van der Waals surface area contributed by atoms with Crippen LogP contribution in [0.15, 0.2) is 18.2 Å². The number of hydrogen-bond acceptors (Lipinski definition) is 4. The number of nitrogens with one attached hydrogen (secondary N) is 2. The van der Waals surface area contributed by atoms with Crippen LogP contribution in [0.1, 0.15) is 52.1 Å². The zero-order valence-corrected chi connectivity index (χ0v) is 15.5. The molecule has 0 unspecified atom stereocenters. The highest BCUT2D eigenvalue weighted by Crippen LogP contribution is 2.32. The molecule has 6 heteroatoms. The second kappa shape index (κ2) is 8.23. The van der Waals surface area contributed by atoms with Crippen LogP contribution in [0.3, 0.4) is 0 Å². The average Bonchev–Trinajstić information content (AvgIpc) is 2.59. The van der Waals surface area contributed by atoms with E-state index in [1.165, 1.54) is 0 Å². The Morgan fingerprint density at radius 3 is 2.56 bits per heavy atom. The van der Waals surface area contributed by atoms with Crippen LogP contribution in [-0.2, 0) is 9.59 Å². The van der Waals surface area contributed by atoms with Crippen molar-refractivity contribution < 1.29 is 19.1 Å². The van der Waals surface area contributed by atoms with E-state index in [1.54, 1.807) is 0 Å². The number of carbonyl (C=O) groups excluding carboxylic acids is 2. The van der Waals surface area contributed by atoms with Gasteiger partial charge in [-0.2, -0.15) is 0 Å².